The molecule has 0 spiro atoms. The van der Waals surface area contributed by atoms with Gasteiger partial charge < -0.3 is 5.11 Å². The van der Waals surface area contributed by atoms with Crippen molar-refractivity contribution < 1.29 is 18.3 Å². The number of rotatable bonds is 4. The van der Waals surface area contributed by atoms with E-state index in [-0.39, 0.29) is 21.9 Å². The second-order valence-corrected chi connectivity index (χ2v) is 8.40. The number of carboxylic acids is 1. The van der Waals surface area contributed by atoms with Crippen LogP contribution in [-0.4, -0.2) is 25.0 Å². The highest BCUT2D eigenvalue weighted by Gasteiger charge is 2.44. The molecule has 1 aliphatic carbocycles. The zero-order chi connectivity index (χ0) is 15.7. The summed E-state index contributed by atoms with van der Waals surface area (Å²) >= 11 is 0.835. The van der Waals surface area contributed by atoms with E-state index in [4.69, 9.17) is 5.26 Å². The summed E-state index contributed by atoms with van der Waals surface area (Å²) in [7, 11) is -3.93. The molecule has 0 aromatic carbocycles. The molecule has 0 radical (unpaired) electrons. The Bertz CT molecular complexity index is 679. The van der Waals surface area contributed by atoms with Gasteiger partial charge in [0.15, 0.2) is 0 Å². The first-order valence-electron chi connectivity index (χ1n) is 6.56. The van der Waals surface area contributed by atoms with Crippen molar-refractivity contribution in [1.29, 1.82) is 5.26 Å². The van der Waals surface area contributed by atoms with Crippen molar-refractivity contribution in [2.45, 2.75) is 42.4 Å². The van der Waals surface area contributed by atoms with E-state index in [2.05, 4.69) is 4.72 Å². The lowest BCUT2D eigenvalue weighted by Gasteiger charge is -2.35. The number of nitrogens with one attached hydrogen (secondary N) is 1. The second-order valence-electron chi connectivity index (χ2n) is 5.41. The SMILES string of the molecule is CC1CCC(NS(=O)(=O)c2ccc(C#N)s2)(C(=O)O)CC1. The van der Waals surface area contributed by atoms with Gasteiger partial charge in [0.2, 0.25) is 0 Å². The number of hydrogen-bond donors (Lipinski definition) is 2. The van der Waals surface area contributed by atoms with Crippen molar-refractivity contribution in [3.8, 4) is 6.07 Å². The van der Waals surface area contributed by atoms with Gasteiger partial charge in [-0.15, -0.1) is 11.3 Å². The molecule has 0 aliphatic heterocycles. The minimum Gasteiger partial charge on any atom is -0.480 e. The van der Waals surface area contributed by atoms with E-state index in [1.54, 1.807) is 0 Å². The van der Waals surface area contributed by atoms with E-state index in [1.165, 1.54) is 12.1 Å². The number of nitriles is 1. The molecule has 2 rings (SSSR count). The lowest BCUT2D eigenvalue weighted by molar-refractivity contribution is -0.145. The predicted octanol–water partition coefficient (Wildman–Crippen LogP) is 1.93. The molecule has 0 atom stereocenters. The highest BCUT2D eigenvalue weighted by atomic mass is 32.2. The summed E-state index contributed by atoms with van der Waals surface area (Å²) in [5.41, 5.74) is -1.44. The van der Waals surface area contributed by atoms with Crippen molar-refractivity contribution in [3.63, 3.8) is 0 Å². The smallest absolute Gasteiger partial charge is 0.324 e. The second kappa shape index (κ2) is 5.75. The van der Waals surface area contributed by atoms with Crippen LogP contribution in [0.3, 0.4) is 0 Å². The molecule has 8 heteroatoms. The minimum absolute atomic E-state index is 0.0294. The standard InChI is InChI=1S/C13H16N2O4S2/c1-9-4-6-13(7-5-9,12(16)17)15-21(18,19)11-3-2-10(8-14)20-11/h2-3,9,15H,4-7H2,1H3,(H,16,17). The number of sulfonamides is 1. The maximum atomic E-state index is 12.3. The molecular weight excluding hydrogens is 312 g/mol. The van der Waals surface area contributed by atoms with E-state index in [1.807, 2.05) is 13.0 Å². The third-order valence-corrected chi connectivity index (χ3v) is 6.84. The van der Waals surface area contributed by atoms with Crippen LogP contribution in [0.4, 0.5) is 0 Å². The Morgan fingerprint density at radius 2 is 2.10 bits per heavy atom. The molecule has 21 heavy (non-hydrogen) atoms. The summed E-state index contributed by atoms with van der Waals surface area (Å²) < 4.78 is 27.0. The Hall–Kier alpha value is -1.43. The highest BCUT2D eigenvalue weighted by molar-refractivity contribution is 7.91. The van der Waals surface area contributed by atoms with Crippen LogP contribution in [0.15, 0.2) is 16.3 Å². The zero-order valence-corrected chi connectivity index (χ0v) is 13.1. The first kappa shape index (κ1) is 15.9. The molecule has 0 saturated heterocycles. The van der Waals surface area contributed by atoms with Crippen molar-refractivity contribution >= 4 is 27.3 Å². The quantitative estimate of drug-likeness (QED) is 0.878. The third-order valence-electron chi connectivity index (χ3n) is 3.82. The normalized spacial score (nSPS) is 26.2. The van der Waals surface area contributed by atoms with Gasteiger partial charge in [-0.1, -0.05) is 6.92 Å². The van der Waals surface area contributed by atoms with Crippen LogP contribution >= 0.6 is 11.3 Å². The van der Waals surface area contributed by atoms with E-state index in [9.17, 15) is 18.3 Å². The monoisotopic (exact) mass is 328 g/mol. The Balaban J connectivity index is 2.28. The molecule has 0 amide bonds. The van der Waals surface area contributed by atoms with Gasteiger partial charge in [-0.3, -0.25) is 4.79 Å². The van der Waals surface area contributed by atoms with Crippen molar-refractivity contribution in [2.24, 2.45) is 5.92 Å². The molecule has 1 aromatic heterocycles. The van der Waals surface area contributed by atoms with Gasteiger partial charge in [0.1, 0.15) is 20.7 Å². The fourth-order valence-corrected chi connectivity index (χ4v) is 4.97. The maximum absolute atomic E-state index is 12.3. The van der Waals surface area contributed by atoms with Gasteiger partial charge in [0.05, 0.1) is 0 Å². The lowest BCUT2D eigenvalue weighted by atomic mass is 9.78. The fraction of sp³-hybridized carbons (Fsp3) is 0.538. The number of carbonyl (C=O) groups is 1. The van der Waals surface area contributed by atoms with E-state index in [0.717, 1.165) is 11.3 Å². The summed E-state index contributed by atoms with van der Waals surface area (Å²) in [5, 5.41) is 18.2. The lowest BCUT2D eigenvalue weighted by Crippen LogP contribution is -2.56. The third kappa shape index (κ3) is 3.26. The fourth-order valence-electron chi connectivity index (χ4n) is 2.45. The van der Waals surface area contributed by atoms with E-state index < -0.39 is 21.5 Å². The van der Waals surface area contributed by atoms with Gasteiger partial charge in [-0.05, 0) is 43.7 Å². The molecule has 6 nitrogen and oxygen atoms in total. The van der Waals surface area contributed by atoms with Crippen molar-refractivity contribution in [1.82, 2.24) is 4.72 Å². The van der Waals surface area contributed by atoms with Crippen LogP contribution in [-0.2, 0) is 14.8 Å². The molecule has 2 N–H and O–H groups in total. The van der Waals surface area contributed by atoms with Crippen LogP contribution in [0.1, 0.15) is 37.5 Å². The summed E-state index contributed by atoms with van der Waals surface area (Å²) in [6.45, 7) is 2.03. The Kier molecular flexibility index (Phi) is 4.37. The zero-order valence-electron chi connectivity index (χ0n) is 11.5. The molecule has 1 saturated carbocycles. The average molecular weight is 328 g/mol. The topological polar surface area (TPSA) is 107 Å². The first-order valence-corrected chi connectivity index (χ1v) is 8.86. The molecule has 1 heterocycles. The largest absolute Gasteiger partial charge is 0.480 e. The molecule has 1 aromatic rings. The maximum Gasteiger partial charge on any atom is 0.324 e. The molecule has 114 valence electrons. The summed E-state index contributed by atoms with van der Waals surface area (Å²) in [5.74, 6) is -0.746. The number of hydrogen-bond acceptors (Lipinski definition) is 5. The predicted molar refractivity (Wildman–Crippen MR) is 77.4 cm³/mol. The van der Waals surface area contributed by atoms with Crippen LogP contribution in [0, 0.1) is 17.2 Å². The van der Waals surface area contributed by atoms with Crippen molar-refractivity contribution in [2.75, 3.05) is 0 Å². The highest BCUT2D eigenvalue weighted by Crippen LogP contribution is 2.34. The van der Waals surface area contributed by atoms with Gasteiger partial charge in [0.25, 0.3) is 10.0 Å². The van der Waals surface area contributed by atoms with Crippen LogP contribution in [0.25, 0.3) is 0 Å². The number of thiophene rings is 1. The number of carboxylic acid groups (broad SMARTS) is 1. The van der Waals surface area contributed by atoms with Gasteiger partial charge in [0, 0.05) is 0 Å². The van der Waals surface area contributed by atoms with E-state index >= 15 is 0 Å². The summed E-state index contributed by atoms with van der Waals surface area (Å²) in [6.07, 6.45) is 1.89. The number of aliphatic carboxylic acids is 1. The Labute approximate surface area is 127 Å². The van der Waals surface area contributed by atoms with Crippen LogP contribution < -0.4 is 4.72 Å². The van der Waals surface area contributed by atoms with Gasteiger partial charge >= 0.3 is 5.97 Å². The first-order chi connectivity index (χ1) is 9.79. The Morgan fingerprint density at radius 1 is 1.48 bits per heavy atom. The molecular formula is C13H16N2O4S2. The average Bonchev–Trinajstić information content (AvgIpc) is 2.91. The van der Waals surface area contributed by atoms with Crippen LogP contribution in [0.5, 0.6) is 0 Å². The van der Waals surface area contributed by atoms with E-state index in [0.29, 0.717) is 18.8 Å². The summed E-state index contributed by atoms with van der Waals surface area (Å²) in [4.78, 5) is 11.9. The van der Waals surface area contributed by atoms with Crippen LogP contribution in [0.2, 0.25) is 0 Å². The molecule has 1 fully saturated rings. The number of nitrogens with zero attached hydrogens (tertiary/aromatic N) is 1. The minimum atomic E-state index is -3.93. The Morgan fingerprint density at radius 3 is 2.57 bits per heavy atom. The summed E-state index contributed by atoms with van der Waals surface area (Å²) in [6, 6.07) is 4.61. The molecule has 0 bridgehead atoms. The van der Waals surface area contributed by atoms with Gasteiger partial charge in [-0.25, -0.2) is 8.42 Å². The van der Waals surface area contributed by atoms with Gasteiger partial charge in [-0.2, -0.15) is 9.98 Å². The molecule has 1 aliphatic rings. The molecule has 0 unspecified atom stereocenters. The van der Waals surface area contributed by atoms with Crippen molar-refractivity contribution in [3.05, 3.63) is 17.0 Å².